The Morgan fingerprint density at radius 1 is 1.41 bits per heavy atom. The quantitative estimate of drug-likeness (QED) is 0.857. The molecule has 0 aliphatic heterocycles. The number of rotatable bonds is 1. The lowest BCUT2D eigenvalue weighted by molar-refractivity contribution is 0.631. The van der Waals surface area contributed by atoms with Crippen molar-refractivity contribution in [2.45, 2.75) is 27.2 Å². The number of fused-ring (bicyclic) bond motifs is 1. The van der Waals surface area contributed by atoms with Crippen LogP contribution in [0.2, 0.25) is 0 Å². The standard InChI is InChI=1S/C13H13BrFNO/c1-4-9-7(3)13(17)10-11(15)8(14)5-6(2)12(10)16-9/h5H,4H2,1-3H3,(H,16,17). The lowest BCUT2D eigenvalue weighted by atomic mass is 10.0. The van der Waals surface area contributed by atoms with Gasteiger partial charge in [-0.25, -0.2) is 4.39 Å². The molecule has 0 saturated carbocycles. The minimum absolute atomic E-state index is 0.145. The molecule has 0 spiro atoms. The topological polar surface area (TPSA) is 32.9 Å². The number of pyridine rings is 1. The van der Waals surface area contributed by atoms with Crippen LogP contribution in [-0.2, 0) is 6.42 Å². The zero-order valence-electron chi connectivity index (χ0n) is 9.95. The van der Waals surface area contributed by atoms with Gasteiger partial charge in [0.2, 0.25) is 0 Å². The molecule has 2 nitrogen and oxygen atoms in total. The van der Waals surface area contributed by atoms with Crippen LogP contribution in [0.25, 0.3) is 10.9 Å². The number of aromatic nitrogens is 1. The Balaban J connectivity index is 3.07. The fourth-order valence-corrected chi connectivity index (χ4v) is 2.59. The van der Waals surface area contributed by atoms with Crippen molar-refractivity contribution in [3.63, 3.8) is 0 Å². The van der Waals surface area contributed by atoms with Crippen molar-refractivity contribution in [3.05, 3.63) is 43.4 Å². The lowest BCUT2D eigenvalue weighted by Crippen LogP contribution is -2.13. The van der Waals surface area contributed by atoms with E-state index in [1.54, 1.807) is 13.0 Å². The maximum Gasteiger partial charge on any atom is 0.195 e. The molecule has 0 fully saturated rings. The summed E-state index contributed by atoms with van der Waals surface area (Å²) >= 11 is 3.13. The molecular formula is C13H13BrFNO. The minimum atomic E-state index is -0.488. The molecule has 2 aromatic rings. The lowest BCUT2D eigenvalue weighted by Gasteiger charge is -2.10. The predicted molar refractivity (Wildman–Crippen MR) is 71.1 cm³/mol. The summed E-state index contributed by atoms with van der Waals surface area (Å²) in [6.45, 7) is 5.55. The van der Waals surface area contributed by atoms with E-state index in [0.717, 1.165) is 17.7 Å². The summed E-state index contributed by atoms with van der Waals surface area (Å²) in [4.78, 5) is 15.3. The van der Waals surface area contributed by atoms with E-state index >= 15 is 0 Å². The van der Waals surface area contributed by atoms with Crippen LogP contribution in [0.1, 0.15) is 23.7 Å². The summed E-state index contributed by atoms with van der Waals surface area (Å²) in [6.07, 6.45) is 0.730. The molecule has 2 rings (SSSR count). The van der Waals surface area contributed by atoms with Gasteiger partial charge in [-0.15, -0.1) is 0 Å². The highest BCUT2D eigenvalue weighted by atomic mass is 79.9. The smallest absolute Gasteiger partial charge is 0.195 e. The first-order valence-electron chi connectivity index (χ1n) is 5.47. The second-order valence-electron chi connectivity index (χ2n) is 4.15. The molecule has 0 bridgehead atoms. The van der Waals surface area contributed by atoms with Crippen molar-refractivity contribution >= 4 is 26.8 Å². The number of hydrogen-bond acceptors (Lipinski definition) is 1. The normalized spacial score (nSPS) is 11.1. The number of nitrogens with one attached hydrogen (secondary N) is 1. The van der Waals surface area contributed by atoms with Crippen LogP contribution in [0.15, 0.2) is 15.3 Å². The molecular weight excluding hydrogens is 285 g/mol. The van der Waals surface area contributed by atoms with Crippen molar-refractivity contribution in [3.8, 4) is 0 Å². The van der Waals surface area contributed by atoms with Crippen LogP contribution in [0.3, 0.4) is 0 Å². The number of benzene rings is 1. The maximum atomic E-state index is 14.0. The third-order valence-electron chi connectivity index (χ3n) is 3.07. The highest BCUT2D eigenvalue weighted by Gasteiger charge is 2.15. The zero-order chi connectivity index (χ0) is 12.7. The van der Waals surface area contributed by atoms with Gasteiger partial charge in [0, 0.05) is 11.3 Å². The summed E-state index contributed by atoms with van der Waals surface area (Å²) in [6, 6.07) is 1.68. The second-order valence-corrected chi connectivity index (χ2v) is 5.00. The average Bonchev–Trinajstić information content (AvgIpc) is 2.29. The molecule has 4 heteroatoms. The molecule has 1 aromatic heterocycles. The van der Waals surface area contributed by atoms with Crippen LogP contribution in [0, 0.1) is 19.7 Å². The molecule has 0 amide bonds. The summed E-state index contributed by atoms with van der Waals surface area (Å²) in [5.74, 6) is -0.488. The van der Waals surface area contributed by atoms with Crippen molar-refractivity contribution in [1.82, 2.24) is 4.98 Å². The van der Waals surface area contributed by atoms with Crippen LogP contribution < -0.4 is 5.43 Å². The Morgan fingerprint density at radius 2 is 2.06 bits per heavy atom. The summed E-state index contributed by atoms with van der Waals surface area (Å²) in [5.41, 5.74) is 2.69. The minimum Gasteiger partial charge on any atom is -0.358 e. The molecule has 0 unspecified atom stereocenters. The van der Waals surface area contributed by atoms with Crippen molar-refractivity contribution < 1.29 is 4.39 Å². The van der Waals surface area contributed by atoms with Crippen LogP contribution in [-0.4, -0.2) is 4.98 Å². The van der Waals surface area contributed by atoms with E-state index in [1.807, 2.05) is 13.8 Å². The van der Waals surface area contributed by atoms with Gasteiger partial charge < -0.3 is 4.98 Å². The number of hydrogen-bond donors (Lipinski definition) is 1. The van der Waals surface area contributed by atoms with E-state index in [-0.39, 0.29) is 10.8 Å². The average molecular weight is 298 g/mol. The summed E-state index contributed by atoms with van der Waals surface area (Å²) in [5, 5.41) is 0.145. The fraction of sp³-hybridized carbons (Fsp3) is 0.308. The summed E-state index contributed by atoms with van der Waals surface area (Å²) < 4.78 is 14.3. The third kappa shape index (κ3) is 1.80. The van der Waals surface area contributed by atoms with Crippen molar-refractivity contribution in [2.24, 2.45) is 0 Å². The molecule has 0 radical (unpaired) electrons. The second kappa shape index (κ2) is 4.26. The molecule has 1 N–H and O–H groups in total. The molecule has 0 saturated heterocycles. The van der Waals surface area contributed by atoms with Crippen LogP contribution in [0.5, 0.6) is 0 Å². The Bertz CT molecular complexity index is 661. The van der Waals surface area contributed by atoms with E-state index in [2.05, 4.69) is 20.9 Å². The molecule has 1 heterocycles. The SMILES string of the molecule is CCc1[nH]c2c(C)cc(Br)c(F)c2c(=O)c1C. The van der Waals surface area contributed by atoms with Crippen molar-refractivity contribution in [1.29, 1.82) is 0 Å². The molecule has 0 aliphatic rings. The van der Waals surface area contributed by atoms with Gasteiger partial charge in [-0.1, -0.05) is 6.92 Å². The van der Waals surface area contributed by atoms with Crippen molar-refractivity contribution in [2.75, 3.05) is 0 Å². The Morgan fingerprint density at radius 3 is 2.65 bits per heavy atom. The molecule has 1 aromatic carbocycles. The van der Waals surface area contributed by atoms with Gasteiger partial charge >= 0.3 is 0 Å². The first-order valence-corrected chi connectivity index (χ1v) is 6.26. The van der Waals surface area contributed by atoms with Gasteiger partial charge in [0.15, 0.2) is 11.2 Å². The Labute approximate surface area is 107 Å². The van der Waals surface area contributed by atoms with E-state index in [9.17, 15) is 9.18 Å². The van der Waals surface area contributed by atoms with Crippen LogP contribution in [0.4, 0.5) is 4.39 Å². The Kier molecular flexibility index (Phi) is 3.08. The fourth-order valence-electron chi connectivity index (χ4n) is 2.05. The number of H-pyrrole nitrogens is 1. The van der Waals surface area contributed by atoms with E-state index < -0.39 is 5.82 Å². The Hall–Kier alpha value is -1.16. The molecule has 0 aliphatic carbocycles. The predicted octanol–water partition coefficient (Wildman–Crippen LogP) is 3.61. The maximum absolute atomic E-state index is 14.0. The van der Waals surface area contributed by atoms with Gasteiger partial charge in [0.05, 0.1) is 15.4 Å². The highest BCUT2D eigenvalue weighted by molar-refractivity contribution is 9.10. The molecule has 90 valence electrons. The largest absolute Gasteiger partial charge is 0.358 e. The van der Waals surface area contributed by atoms with Gasteiger partial charge in [-0.2, -0.15) is 0 Å². The molecule has 17 heavy (non-hydrogen) atoms. The monoisotopic (exact) mass is 297 g/mol. The third-order valence-corrected chi connectivity index (χ3v) is 3.64. The number of aromatic amines is 1. The van der Waals surface area contributed by atoms with E-state index in [4.69, 9.17) is 0 Å². The first kappa shape index (κ1) is 12.3. The van der Waals surface area contributed by atoms with E-state index in [0.29, 0.717) is 15.6 Å². The highest BCUT2D eigenvalue weighted by Crippen LogP contribution is 2.25. The number of halogens is 2. The summed E-state index contributed by atoms with van der Waals surface area (Å²) in [7, 11) is 0. The number of aryl methyl sites for hydroxylation is 2. The zero-order valence-corrected chi connectivity index (χ0v) is 11.5. The first-order chi connectivity index (χ1) is 7.97. The van der Waals surface area contributed by atoms with Gasteiger partial charge in [-0.05, 0) is 47.8 Å². The van der Waals surface area contributed by atoms with Crippen LogP contribution >= 0.6 is 15.9 Å². The van der Waals surface area contributed by atoms with Gasteiger partial charge in [0.25, 0.3) is 0 Å². The molecule has 0 atom stereocenters. The van der Waals surface area contributed by atoms with E-state index in [1.165, 1.54) is 0 Å². The van der Waals surface area contributed by atoms with Gasteiger partial charge in [0.1, 0.15) is 0 Å². The van der Waals surface area contributed by atoms with Gasteiger partial charge in [-0.3, -0.25) is 4.79 Å².